The maximum Gasteiger partial charge on any atom is 0.268 e. The highest BCUT2D eigenvalue weighted by atomic mass is 35.5. The van der Waals surface area contributed by atoms with Crippen LogP contribution in [0.25, 0.3) is 10.9 Å². The van der Waals surface area contributed by atoms with Gasteiger partial charge in [0.2, 0.25) is 0 Å². The molecule has 0 fully saturated rings. The second kappa shape index (κ2) is 7.00. The van der Waals surface area contributed by atoms with Gasteiger partial charge < -0.3 is 14.8 Å². The molecule has 8 heteroatoms. The van der Waals surface area contributed by atoms with Crippen molar-refractivity contribution >= 4 is 23.3 Å². The van der Waals surface area contributed by atoms with Crippen LogP contribution in [0.4, 0.5) is 0 Å². The van der Waals surface area contributed by atoms with Gasteiger partial charge in [0.25, 0.3) is 11.1 Å². The number of nitrogens with zero attached hydrogens (tertiary/aromatic N) is 1. The van der Waals surface area contributed by atoms with E-state index in [4.69, 9.17) is 0 Å². The number of halogens is 1. The molecular formula is C19H22ClN5O2. The first-order chi connectivity index (χ1) is 12.5. The molecule has 0 aliphatic heterocycles. The zero-order valence-corrected chi connectivity index (χ0v) is 16.2. The Balaban J connectivity index is 0.00000210. The van der Waals surface area contributed by atoms with Crippen molar-refractivity contribution in [3.63, 3.8) is 0 Å². The minimum Gasteiger partial charge on any atom is -0.347 e. The Kier molecular flexibility index (Phi) is 4.89. The molecule has 1 aromatic carbocycles. The molecule has 4 rings (SSSR count). The summed E-state index contributed by atoms with van der Waals surface area (Å²) in [5.74, 6) is -0.460. The molecule has 0 saturated heterocycles. The lowest BCUT2D eigenvalue weighted by atomic mass is 9.85. The van der Waals surface area contributed by atoms with E-state index in [0.29, 0.717) is 11.1 Å². The lowest BCUT2D eigenvalue weighted by Gasteiger charge is -2.15. The molecule has 4 N–H and O–H groups in total. The van der Waals surface area contributed by atoms with Crippen LogP contribution in [-0.2, 0) is 6.54 Å². The number of fused-ring (bicyclic) bond motifs is 1. The van der Waals surface area contributed by atoms with Crippen molar-refractivity contribution in [1.82, 2.24) is 25.0 Å². The fourth-order valence-electron chi connectivity index (χ4n) is 3.83. The summed E-state index contributed by atoms with van der Waals surface area (Å²) < 4.78 is 2.14. The molecule has 142 valence electrons. The van der Waals surface area contributed by atoms with E-state index in [0.717, 1.165) is 34.4 Å². The maximum atomic E-state index is 12.6. The van der Waals surface area contributed by atoms with Crippen LogP contribution in [0.3, 0.4) is 0 Å². The SMILES string of the molecule is CCn1cc(C(c2c(C)[nH][nH]c2=O)c2c(C)[nH][nH]c2=O)c2ccccc21.Cl. The third-order valence-corrected chi connectivity index (χ3v) is 5.07. The zero-order chi connectivity index (χ0) is 18.4. The van der Waals surface area contributed by atoms with Gasteiger partial charge in [-0.2, -0.15) is 0 Å². The van der Waals surface area contributed by atoms with Gasteiger partial charge in [0.1, 0.15) is 0 Å². The van der Waals surface area contributed by atoms with Gasteiger partial charge in [0, 0.05) is 35.0 Å². The quantitative estimate of drug-likeness (QED) is 0.432. The van der Waals surface area contributed by atoms with E-state index in [1.807, 2.05) is 38.2 Å². The fourth-order valence-corrected chi connectivity index (χ4v) is 3.83. The Morgan fingerprint density at radius 1 is 0.926 bits per heavy atom. The summed E-state index contributed by atoms with van der Waals surface area (Å²) in [6, 6.07) is 8.07. The van der Waals surface area contributed by atoms with Crippen molar-refractivity contribution in [3.8, 4) is 0 Å². The number of nitrogens with one attached hydrogen (secondary N) is 4. The van der Waals surface area contributed by atoms with Gasteiger partial charge in [0.15, 0.2) is 0 Å². The predicted molar refractivity (Wildman–Crippen MR) is 108 cm³/mol. The van der Waals surface area contributed by atoms with Crippen LogP contribution >= 0.6 is 12.4 Å². The molecule has 3 aromatic heterocycles. The largest absolute Gasteiger partial charge is 0.347 e. The number of H-pyrrole nitrogens is 4. The van der Waals surface area contributed by atoms with Crippen molar-refractivity contribution in [2.45, 2.75) is 33.2 Å². The van der Waals surface area contributed by atoms with Crippen LogP contribution in [-0.4, -0.2) is 25.0 Å². The van der Waals surface area contributed by atoms with Gasteiger partial charge in [-0.25, -0.2) is 0 Å². The summed E-state index contributed by atoms with van der Waals surface area (Å²) in [5.41, 5.74) is 4.21. The lowest BCUT2D eigenvalue weighted by Crippen LogP contribution is -2.20. The number of hydrogen-bond acceptors (Lipinski definition) is 2. The summed E-state index contributed by atoms with van der Waals surface area (Å²) in [6.45, 7) is 6.57. The Bertz CT molecular complexity index is 1150. The number of benzene rings is 1. The van der Waals surface area contributed by atoms with Gasteiger partial charge in [-0.1, -0.05) is 18.2 Å². The molecular weight excluding hydrogens is 366 g/mol. The number of hydrogen-bond donors (Lipinski definition) is 4. The van der Waals surface area contributed by atoms with Crippen molar-refractivity contribution in [2.24, 2.45) is 0 Å². The number of aromatic nitrogens is 5. The second-order valence-electron chi connectivity index (χ2n) is 6.56. The van der Waals surface area contributed by atoms with Crippen LogP contribution in [0.2, 0.25) is 0 Å². The van der Waals surface area contributed by atoms with Gasteiger partial charge in [0.05, 0.1) is 17.0 Å². The first kappa shape index (κ1) is 18.8. The van der Waals surface area contributed by atoms with E-state index in [-0.39, 0.29) is 23.5 Å². The molecule has 4 aromatic rings. The van der Waals surface area contributed by atoms with Crippen LogP contribution < -0.4 is 11.1 Å². The highest BCUT2D eigenvalue weighted by molar-refractivity contribution is 5.86. The van der Waals surface area contributed by atoms with Crippen molar-refractivity contribution in [3.05, 3.63) is 79.2 Å². The third-order valence-electron chi connectivity index (χ3n) is 5.07. The van der Waals surface area contributed by atoms with Gasteiger partial charge in [-0.15, -0.1) is 12.4 Å². The number of aryl methyl sites for hydroxylation is 3. The lowest BCUT2D eigenvalue weighted by molar-refractivity contribution is 0.788. The Labute approximate surface area is 161 Å². The molecule has 27 heavy (non-hydrogen) atoms. The highest BCUT2D eigenvalue weighted by Gasteiger charge is 2.30. The van der Waals surface area contributed by atoms with Crippen molar-refractivity contribution in [1.29, 1.82) is 0 Å². The van der Waals surface area contributed by atoms with Crippen LogP contribution in [0.5, 0.6) is 0 Å². The molecule has 0 bridgehead atoms. The first-order valence-electron chi connectivity index (χ1n) is 8.65. The topological polar surface area (TPSA) is 102 Å². The van der Waals surface area contributed by atoms with E-state index in [1.165, 1.54) is 0 Å². The molecule has 0 radical (unpaired) electrons. The van der Waals surface area contributed by atoms with Crippen LogP contribution in [0.1, 0.15) is 40.9 Å². The van der Waals surface area contributed by atoms with Gasteiger partial charge >= 0.3 is 0 Å². The van der Waals surface area contributed by atoms with E-state index in [1.54, 1.807) is 0 Å². The third kappa shape index (κ3) is 2.84. The number of para-hydroxylation sites is 1. The molecule has 7 nitrogen and oxygen atoms in total. The Morgan fingerprint density at radius 3 is 1.96 bits per heavy atom. The summed E-state index contributed by atoms with van der Waals surface area (Å²) in [5, 5.41) is 12.1. The minimum atomic E-state index is -0.460. The van der Waals surface area contributed by atoms with Gasteiger partial charge in [-0.3, -0.25) is 19.8 Å². The molecule has 0 amide bonds. The van der Waals surface area contributed by atoms with Crippen LogP contribution in [0, 0.1) is 13.8 Å². The average Bonchev–Trinajstić information content (AvgIpc) is 3.28. The zero-order valence-electron chi connectivity index (χ0n) is 15.3. The smallest absolute Gasteiger partial charge is 0.268 e. The maximum absolute atomic E-state index is 12.6. The van der Waals surface area contributed by atoms with Crippen LogP contribution in [0.15, 0.2) is 40.1 Å². The molecule has 0 atom stereocenters. The van der Waals surface area contributed by atoms with E-state index >= 15 is 0 Å². The molecule has 0 saturated carbocycles. The van der Waals surface area contributed by atoms with Crippen molar-refractivity contribution in [2.75, 3.05) is 0 Å². The van der Waals surface area contributed by atoms with Gasteiger partial charge in [-0.05, 0) is 32.4 Å². The Hall–Kier alpha value is -2.93. The van der Waals surface area contributed by atoms with E-state index in [9.17, 15) is 9.59 Å². The number of rotatable bonds is 4. The van der Waals surface area contributed by atoms with E-state index in [2.05, 4.69) is 38.0 Å². The summed E-state index contributed by atoms with van der Waals surface area (Å²) >= 11 is 0. The first-order valence-corrected chi connectivity index (χ1v) is 8.65. The second-order valence-corrected chi connectivity index (χ2v) is 6.56. The summed E-state index contributed by atoms with van der Waals surface area (Å²) in [7, 11) is 0. The molecule has 0 spiro atoms. The summed E-state index contributed by atoms with van der Waals surface area (Å²) in [6.07, 6.45) is 2.05. The van der Waals surface area contributed by atoms with Crippen molar-refractivity contribution < 1.29 is 0 Å². The monoisotopic (exact) mass is 387 g/mol. The minimum absolute atomic E-state index is 0. The predicted octanol–water partition coefficient (Wildman–Crippen LogP) is 2.91. The average molecular weight is 388 g/mol. The molecule has 0 aliphatic rings. The molecule has 0 aliphatic carbocycles. The summed E-state index contributed by atoms with van der Waals surface area (Å²) in [4.78, 5) is 25.1. The fraction of sp³-hybridized carbons (Fsp3) is 0.263. The number of aromatic amines is 4. The standard InChI is InChI=1S/C19H21N5O2.ClH/c1-4-24-9-13(12-7-5-6-8-14(12)24)17(15-10(2)20-22-18(15)25)16-11(3)21-23-19(16)26;/h5-9,17H,4H2,1-3H3,(H2,20,22,25)(H2,21,23,26);1H. The highest BCUT2D eigenvalue weighted by Crippen LogP contribution is 2.36. The Morgan fingerprint density at radius 2 is 1.48 bits per heavy atom. The molecule has 0 unspecified atom stereocenters. The molecule has 3 heterocycles. The van der Waals surface area contributed by atoms with E-state index < -0.39 is 5.92 Å². The normalized spacial score (nSPS) is 11.3.